The van der Waals surface area contributed by atoms with Crippen LogP contribution in [-0.4, -0.2) is 39.3 Å². The molecule has 1 amide bonds. The van der Waals surface area contributed by atoms with Gasteiger partial charge in [0.25, 0.3) is 5.56 Å². The summed E-state index contributed by atoms with van der Waals surface area (Å²) in [6.45, 7) is 1.15. The van der Waals surface area contributed by atoms with E-state index < -0.39 is 0 Å². The molecular formula is C14H14ClN3O2. The second-order valence-corrected chi connectivity index (χ2v) is 5.16. The van der Waals surface area contributed by atoms with E-state index in [-0.39, 0.29) is 23.4 Å². The topological polar surface area (TPSA) is 55.2 Å². The first-order chi connectivity index (χ1) is 9.70. The van der Waals surface area contributed by atoms with Crippen LogP contribution >= 0.6 is 11.6 Å². The largest absolute Gasteiger partial charge is 0.340 e. The molecule has 20 heavy (non-hydrogen) atoms. The van der Waals surface area contributed by atoms with Gasteiger partial charge in [-0.15, -0.1) is 11.6 Å². The molecule has 3 rings (SSSR count). The minimum atomic E-state index is -0.0871. The Morgan fingerprint density at radius 2 is 2.20 bits per heavy atom. The Bertz CT molecular complexity index is 713. The van der Waals surface area contributed by atoms with Gasteiger partial charge < -0.3 is 4.90 Å². The SMILES string of the molecule is O=C(CCl)N1CCC(n2cnc3ccccc3c2=O)C1. The van der Waals surface area contributed by atoms with Gasteiger partial charge in [-0.05, 0) is 18.6 Å². The maximum Gasteiger partial charge on any atom is 0.261 e. The Kier molecular flexibility index (Phi) is 3.44. The van der Waals surface area contributed by atoms with Gasteiger partial charge in [0, 0.05) is 13.1 Å². The average Bonchev–Trinajstić information content (AvgIpc) is 2.97. The predicted octanol–water partition coefficient (Wildman–Crippen LogP) is 1.41. The van der Waals surface area contributed by atoms with Gasteiger partial charge in [-0.1, -0.05) is 12.1 Å². The van der Waals surface area contributed by atoms with Gasteiger partial charge in [0.05, 0.1) is 23.3 Å². The number of hydrogen-bond donors (Lipinski definition) is 0. The molecule has 6 heteroatoms. The monoisotopic (exact) mass is 291 g/mol. The Hall–Kier alpha value is -1.88. The molecule has 0 aliphatic carbocycles. The number of likely N-dealkylation sites (tertiary alicyclic amines) is 1. The number of carbonyl (C=O) groups is 1. The first-order valence-corrected chi connectivity index (χ1v) is 7.04. The van der Waals surface area contributed by atoms with Crippen molar-refractivity contribution in [2.75, 3.05) is 19.0 Å². The number of para-hydroxylation sites is 1. The van der Waals surface area contributed by atoms with E-state index in [4.69, 9.17) is 11.6 Å². The molecule has 1 saturated heterocycles. The van der Waals surface area contributed by atoms with E-state index in [1.165, 1.54) is 0 Å². The minimum absolute atomic E-state index is 0.0163. The number of rotatable bonds is 2. The molecule has 1 aliphatic rings. The molecule has 1 unspecified atom stereocenters. The van der Waals surface area contributed by atoms with Gasteiger partial charge >= 0.3 is 0 Å². The number of benzene rings is 1. The summed E-state index contributed by atoms with van der Waals surface area (Å²) in [5, 5.41) is 0.608. The van der Waals surface area contributed by atoms with Gasteiger partial charge in [0.2, 0.25) is 5.91 Å². The molecule has 1 aromatic heterocycles. The van der Waals surface area contributed by atoms with E-state index in [1.54, 1.807) is 21.9 Å². The second kappa shape index (κ2) is 5.25. The third-order valence-electron chi connectivity index (χ3n) is 3.71. The lowest BCUT2D eigenvalue weighted by atomic mass is 10.2. The third kappa shape index (κ3) is 2.18. The van der Waals surface area contributed by atoms with Crippen LogP contribution in [0.3, 0.4) is 0 Å². The number of nitrogens with zero attached hydrogens (tertiary/aromatic N) is 3. The van der Waals surface area contributed by atoms with Crippen molar-refractivity contribution < 1.29 is 4.79 Å². The smallest absolute Gasteiger partial charge is 0.261 e. The summed E-state index contributed by atoms with van der Waals surface area (Å²) in [5.41, 5.74) is 0.640. The van der Waals surface area contributed by atoms with E-state index in [2.05, 4.69) is 4.98 Å². The molecule has 2 heterocycles. The zero-order valence-corrected chi connectivity index (χ0v) is 11.6. The molecule has 1 aliphatic heterocycles. The van der Waals surface area contributed by atoms with Crippen LogP contribution in [0.25, 0.3) is 10.9 Å². The quantitative estimate of drug-likeness (QED) is 0.786. The fourth-order valence-electron chi connectivity index (χ4n) is 2.62. The maximum absolute atomic E-state index is 12.5. The van der Waals surface area contributed by atoms with Crippen molar-refractivity contribution in [1.82, 2.24) is 14.5 Å². The first-order valence-electron chi connectivity index (χ1n) is 6.50. The van der Waals surface area contributed by atoms with Crippen LogP contribution in [0.15, 0.2) is 35.4 Å². The van der Waals surface area contributed by atoms with Gasteiger partial charge in [-0.3, -0.25) is 14.2 Å². The van der Waals surface area contributed by atoms with Crippen LogP contribution in [0.4, 0.5) is 0 Å². The molecule has 1 atom stereocenters. The van der Waals surface area contributed by atoms with Crippen molar-refractivity contribution in [3.8, 4) is 0 Å². The van der Waals surface area contributed by atoms with Gasteiger partial charge in [0.1, 0.15) is 5.88 Å². The van der Waals surface area contributed by atoms with E-state index in [1.807, 2.05) is 18.2 Å². The summed E-state index contributed by atoms with van der Waals surface area (Å²) in [6, 6.07) is 7.26. The Morgan fingerprint density at radius 1 is 1.40 bits per heavy atom. The highest BCUT2D eigenvalue weighted by Crippen LogP contribution is 2.20. The molecular weight excluding hydrogens is 278 g/mol. The molecule has 0 N–H and O–H groups in total. The lowest BCUT2D eigenvalue weighted by molar-refractivity contribution is -0.127. The van der Waals surface area contributed by atoms with Crippen LogP contribution in [0.1, 0.15) is 12.5 Å². The first kappa shape index (κ1) is 13.1. The number of fused-ring (bicyclic) bond motifs is 1. The van der Waals surface area contributed by atoms with Crippen LogP contribution in [0, 0.1) is 0 Å². The van der Waals surface area contributed by atoms with Gasteiger partial charge in [-0.25, -0.2) is 4.98 Å². The summed E-state index contributed by atoms with van der Waals surface area (Å²) < 4.78 is 1.63. The maximum atomic E-state index is 12.5. The molecule has 5 nitrogen and oxygen atoms in total. The lowest BCUT2D eigenvalue weighted by Crippen LogP contribution is -2.32. The fourth-order valence-corrected chi connectivity index (χ4v) is 2.79. The normalized spacial score (nSPS) is 18.6. The number of aromatic nitrogens is 2. The molecule has 0 bridgehead atoms. The highest BCUT2D eigenvalue weighted by Gasteiger charge is 2.27. The summed E-state index contributed by atoms with van der Waals surface area (Å²) in [7, 11) is 0. The standard InChI is InChI=1S/C14H14ClN3O2/c15-7-13(19)17-6-5-10(8-17)18-9-16-12-4-2-1-3-11(12)14(18)20/h1-4,9-10H,5-8H2. The van der Waals surface area contributed by atoms with Crippen molar-refractivity contribution in [3.63, 3.8) is 0 Å². The minimum Gasteiger partial charge on any atom is -0.340 e. The van der Waals surface area contributed by atoms with Crippen molar-refractivity contribution >= 4 is 28.4 Å². The van der Waals surface area contributed by atoms with Crippen LogP contribution < -0.4 is 5.56 Å². The predicted molar refractivity (Wildman–Crippen MR) is 77.0 cm³/mol. The van der Waals surface area contributed by atoms with Crippen molar-refractivity contribution in [2.45, 2.75) is 12.5 Å². The van der Waals surface area contributed by atoms with E-state index in [0.717, 1.165) is 6.42 Å². The fraction of sp³-hybridized carbons (Fsp3) is 0.357. The lowest BCUT2D eigenvalue weighted by Gasteiger charge is -2.16. The average molecular weight is 292 g/mol. The van der Waals surface area contributed by atoms with E-state index >= 15 is 0 Å². The number of halogens is 1. The molecule has 0 spiro atoms. The second-order valence-electron chi connectivity index (χ2n) is 4.89. The zero-order chi connectivity index (χ0) is 14.1. The van der Waals surface area contributed by atoms with Gasteiger partial charge in [-0.2, -0.15) is 0 Å². The van der Waals surface area contributed by atoms with Crippen molar-refractivity contribution in [3.05, 3.63) is 40.9 Å². The number of hydrogen-bond acceptors (Lipinski definition) is 3. The molecule has 1 aromatic carbocycles. The molecule has 0 saturated carbocycles. The summed E-state index contributed by atoms with van der Waals surface area (Å²) in [5.74, 6) is -0.103. The molecule has 1 fully saturated rings. The highest BCUT2D eigenvalue weighted by molar-refractivity contribution is 6.27. The van der Waals surface area contributed by atoms with Crippen molar-refractivity contribution in [1.29, 1.82) is 0 Å². The number of amides is 1. The number of carbonyl (C=O) groups excluding carboxylic acids is 1. The number of alkyl halides is 1. The van der Waals surface area contributed by atoms with Crippen molar-refractivity contribution in [2.24, 2.45) is 0 Å². The van der Waals surface area contributed by atoms with E-state index in [9.17, 15) is 9.59 Å². The molecule has 0 radical (unpaired) electrons. The third-order valence-corrected chi connectivity index (χ3v) is 3.94. The summed E-state index contributed by atoms with van der Waals surface area (Å²) in [4.78, 5) is 30.0. The highest BCUT2D eigenvalue weighted by atomic mass is 35.5. The van der Waals surface area contributed by atoms with Crippen LogP contribution in [0.5, 0.6) is 0 Å². The molecule has 104 valence electrons. The summed E-state index contributed by atoms with van der Waals surface area (Å²) in [6.07, 6.45) is 2.33. The zero-order valence-electron chi connectivity index (χ0n) is 10.8. The van der Waals surface area contributed by atoms with E-state index in [0.29, 0.717) is 24.0 Å². The summed E-state index contributed by atoms with van der Waals surface area (Å²) >= 11 is 5.56. The molecule has 2 aromatic rings. The van der Waals surface area contributed by atoms with Crippen LogP contribution in [-0.2, 0) is 4.79 Å². The van der Waals surface area contributed by atoms with Crippen LogP contribution in [0.2, 0.25) is 0 Å². The Labute approximate surface area is 120 Å². The Morgan fingerprint density at radius 3 is 3.00 bits per heavy atom. The van der Waals surface area contributed by atoms with Gasteiger partial charge in [0.15, 0.2) is 0 Å². The Balaban J connectivity index is 1.94.